The lowest BCUT2D eigenvalue weighted by Gasteiger charge is -2.28. The Kier molecular flexibility index (Phi) is 8.71. The van der Waals surface area contributed by atoms with Crippen LogP contribution in [0.3, 0.4) is 0 Å². The second-order valence-electron chi connectivity index (χ2n) is 8.46. The summed E-state index contributed by atoms with van der Waals surface area (Å²) in [5.74, 6) is 0.279. The van der Waals surface area contributed by atoms with Crippen LogP contribution in [0.15, 0.2) is 78.9 Å². The maximum atomic E-state index is 13.2. The number of para-hydroxylation sites is 2. The highest BCUT2D eigenvalue weighted by molar-refractivity contribution is 7.92. The summed E-state index contributed by atoms with van der Waals surface area (Å²) >= 11 is 0. The summed E-state index contributed by atoms with van der Waals surface area (Å²) < 4.78 is 32.2. The van der Waals surface area contributed by atoms with E-state index in [-0.39, 0.29) is 11.9 Å². The molecule has 0 heterocycles. The van der Waals surface area contributed by atoms with Gasteiger partial charge in [0, 0.05) is 6.04 Å². The van der Waals surface area contributed by atoms with Crippen molar-refractivity contribution in [3.63, 3.8) is 0 Å². The van der Waals surface area contributed by atoms with Gasteiger partial charge in [0.1, 0.15) is 17.5 Å². The fourth-order valence-corrected chi connectivity index (χ4v) is 4.70. The number of hydrogen-bond donors (Lipinski definition) is 2. The molecule has 2 atom stereocenters. The maximum absolute atomic E-state index is 13.2. The molecule has 2 amide bonds. The molecule has 3 aromatic rings. The van der Waals surface area contributed by atoms with E-state index < -0.39 is 22.0 Å². The minimum Gasteiger partial charge on any atom is -0.457 e. The number of rotatable bonds is 10. The van der Waals surface area contributed by atoms with Crippen LogP contribution < -0.4 is 19.7 Å². The molecule has 0 spiro atoms. The first-order valence-corrected chi connectivity index (χ1v) is 13.5. The maximum Gasteiger partial charge on any atom is 0.253 e. The van der Waals surface area contributed by atoms with Crippen LogP contribution in [0, 0.1) is 0 Å². The van der Waals surface area contributed by atoms with E-state index in [1.54, 1.807) is 48.5 Å². The highest BCUT2D eigenvalue weighted by Crippen LogP contribution is 2.27. The van der Waals surface area contributed by atoms with E-state index in [0.29, 0.717) is 28.4 Å². The first-order valence-electron chi connectivity index (χ1n) is 11.6. The van der Waals surface area contributed by atoms with Crippen molar-refractivity contribution >= 4 is 33.2 Å². The van der Waals surface area contributed by atoms with E-state index >= 15 is 0 Å². The third kappa shape index (κ3) is 6.85. The summed E-state index contributed by atoms with van der Waals surface area (Å²) in [5.41, 5.74) is 0.908. The number of benzene rings is 3. The Morgan fingerprint density at radius 3 is 2.08 bits per heavy atom. The van der Waals surface area contributed by atoms with E-state index in [0.717, 1.165) is 17.0 Å². The van der Waals surface area contributed by atoms with Crippen molar-refractivity contribution in [2.24, 2.45) is 0 Å². The normalized spacial score (nSPS) is 12.8. The van der Waals surface area contributed by atoms with E-state index in [1.165, 1.54) is 6.92 Å². The molecule has 0 aliphatic carbocycles. The van der Waals surface area contributed by atoms with Crippen LogP contribution in [0.1, 0.15) is 37.6 Å². The molecule has 0 aromatic heterocycles. The average molecular weight is 510 g/mol. The summed E-state index contributed by atoms with van der Waals surface area (Å²) in [6.45, 7) is 5.34. The monoisotopic (exact) mass is 509 g/mol. The number of hydrogen-bond acceptors (Lipinski definition) is 5. The standard InChI is InChI=1S/C27H31N3O5S/c1-5-19(2)28-27(32)24-13-9-10-14-25(24)29-26(31)20(3)30(36(4,33)34)21-15-17-23(18-16-21)35-22-11-7-6-8-12-22/h6-20H,5H2,1-4H3,(H,28,32)(H,29,31)/t19-,20+/m0/s1. The first kappa shape index (κ1) is 26.7. The van der Waals surface area contributed by atoms with Gasteiger partial charge in [0.25, 0.3) is 5.91 Å². The van der Waals surface area contributed by atoms with E-state index in [2.05, 4.69) is 10.6 Å². The fourth-order valence-electron chi connectivity index (χ4n) is 3.53. The van der Waals surface area contributed by atoms with Crippen molar-refractivity contribution in [2.45, 2.75) is 39.3 Å². The lowest BCUT2D eigenvalue weighted by atomic mass is 10.1. The average Bonchev–Trinajstić information content (AvgIpc) is 2.85. The second-order valence-corrected chi connectivity index (χ2v) is 10.3. The zero-order valence-electron chi connectivity index (χ0n) is 20.8. The molecule has 2 N–H and O–H groups in total. The molecule has 0 aliphatic heterocycles. The minimum atomic E-state index is -3.82. The lowest BCUT2D eigenvalue weighted by Crippen LogP contribution is -2.45. The van der Waals surface area contributed by atoms with Gasteiger partial charge in [-0.2, -0.15) is 0 Å². The van der Waals surface area contributed by atoms with E-state index in [9.17, 15) is 18.0 Å². The molecule has 36 heavy (non-hydrogen) atoms. The Morgan fingerprint density at radius 1 is 0.889 bits per heavy atom. The Labute approximate surface area is 212 Å². The molecule has 9 heteroatoms. The Balaban J connectivity index is 1.81. The van der Waals surface area contributed by atoms with Crippen molar-refractivity contribution in [1.82, 2.24) is 5.32 Å². The topological polar surface area (TPSA) is 105 Å². The van der Waals surface area contributed by atoms with Gasteiger partial charge in [0.05, 0.1) is 23.2 Å². The highest BCUT2D eigenvalue weighted by Gasteiger charge is 2.30. The predicted molar refractivity (Wildman–Crippen MR) is 142 cm³/mol. The molecule has 190 valence electrons. The molecule has 0 radical (unpaired) electrons. The molecule has 3 rings (SSSR count). The van der Waals surface area contributed by atoms with Crippen LogP contribution in [0.25, 0.3) is 0 Å². The van der Waals surface area contributed by atoms with Crippen molar-refractivity contribution in [2.75, 3.05) is 15.9 Å². The molecule has 0 aliphatic rings. The molecule has 0 bridgehead atoms. The van der Waals surface area contributed by atoms with Gasteiger partial charge >= 0.3 is 0 Å². The summed E-state index contributed by atoms with van der Waals surface area (Å²) in [6.07, 6.45) is 1.80. The smallest absolute Gasteiger partial charge is 0.253 e. The van der Waals surface area contributed by atoms with Gasteiger partial charge in [-0.15, -0.1) is 0 Å². The largest absolute Gasteiger partial charge is 0.457 e. The molecule has 8 nitrogen and oxygen atoms in total. The number of sulfonamides is 1. The zero-order valence-corrected chi connectivity index (χ0v) is 21.6. The number of anilines is 2. The van der Waals surface area contributed by atoms with Crippen molar-refractivity contribution in [3.8, 4) is 11.5 Å². The van der Waals surface area contributed by atoms with Crippen LogP contribution in [0.4, 0.5) is 11.4 Å². The van der Waals surface area contributed by atoms with E-state index in [1.807, 2.05) is 44.2 Å². The van der Waals surface area contributed by atoms with Crippen molar-refractivity contribution < 1.29 is 22.7 Å². The molecule has 3 aromatic carbocycles. The van der Waals surface area contributed by atoms with Crippen LogP contribution >= 0.6 is 0 Å². The quantitative estimate of drug-likeness (QED) is 0.409. The summed E-state index contributed by atoms with van der Waals surface area (Å²) in [5, 5.41) is 5.59. The van der Waals surface area contributed by atoms with Gasteiger partial charge in [-0.05, 0) is 68.8 Å². The van der Waals surface area contributed by atoms with E-state index in [4.69, 9.17) is 4.74 Å². The Morgan fingerprint density at radius 2 is 1.47 bits per heavy atom. The summed E-state index contributed by atoms with van der Waals surface area (Å²) in [6, 6.07) is 21.1. The highest BCUT2D eigenvalue weighted by atomic mass is 32.2. The molecule has 0 saturated heterocycles. The molecule has 0 saturated carbocycles. The lowest BCUT2D eigenvalue weighted by molar-refractivity contribution is -0.116. The van der Waals surface area contributed by atoms with Crippen LogP contribution in [0.2, 0.25) is 0 Å². The third-order valence-corrected chi connectivity index (χ3v) is 6.82. The van der Waals surface area contributed by atoms with Crippen LogP contribution in [0.5, 0.6) is 11.5 Å². The second kappa shape index (κ2) is 11.7. The van der Waals surface area contributed by atoms with Gasteiger partial charge in [-0.25, -0.2) is 8.42 Å². The number of ether oxygens (including phenoxy) is 1. The fraction of sp³-hybridized carbons (Fsp3) is 0.259. The van der Waals surface area contributed by atoms with Gasteiger partial charge < -0.3 is 15.4 Å². The molecule has 0 unspecified atom stereocenters. The molecular formula is C27H31N3O5S. The van der Waals surface area contributed by atoms with Crippen molar-refractivity contribution in [3.05, 3.63) is 84.4 Å². The molecule has 0 fully saturated rings. The van der Waals surface area contributed by atoms with Gasteiger partial charge in [0.2, 0.25) is 15.9 Å². The number of amides is 2. The van der Waals surface area contributed by atoms with Crippen LogP contribution in [-0.2, 0) is 14.8 Å². The van der Waals surface area contributed by atoms with Gasteiger partial charge in [-0.1, -0.05) is 37.3 Å². The minimum absolute atomic E-state index is 0.0326. The van der Waals surface area contributed by atoms with Crippen LogP contribution in [-0.4, -0.2) is 38.6 Å². The van der Waals surface area contributed by atoms with Crippen molar-refractivity contribution in [1.29, 1.82) is 0 Å². The van der Waals surface area contributed by atoms with Gasteiger partial charge in [-0.3, -0.25) is 13.9 Å². The Bertz CT molecular complexity index is 1290. The molecular weight excluding hydrogens is 478 g/mol. The number of carbonyl (C=O) groups excluding carboxylic acids is 2. The van der Waals surface area contributed by atoms with Gasteiger partial charge in [0.15, 0.2) is 0 Å². The Hall–Kier alpha value is -3.85. The predicted octanol–water partition coefficient (Wildman–Crippen LogP) is 4.80. The summed E-state index contributed by atoms with van der Waals surface area (Å²) in [4.78, 5) is 25.8. The zero-order chi connectivity index (χ0) is 26.3. The third-order valence-electron chi connectivity index (χ3n) is 5.58. The number of carbonyl (C=O) groups is 2. The number of nitrogens with one attached hydrogen (secondary N) is 2. The summed E-state index contributed by atoms with van der Waals surface area (Å²) in [7, 11) is -3.82. The SMILES string of the molecule is CC[C@H](C)NC(=O)c1ccccc1NC(=O)[C@@H](C)N(c1ccc(Oc2ccccc2)cc1)S(C)(=O)=O. The first-order chi connectivity index (χ1) is 17.1. The number of nitrogens with zero attached hydrogens (tertiary/aromatic N) is 1.